The van der Waals surface area contributed by atoms with E-state index >= 15 is 0 Å². The molecule has 0 spiro atoms. The van der Waals surface area contributed by atoms with E-state index in [-0.39, 0.29) is 29.7 Å². The summed E-state index contributed by atoms with van der Waals surface area (Å²) in [7, 11) is 0. The molecule has 0 aromatic carbocycles. The Balaban J connectivity index is 1.67. The molecule has 3 nitrogen and oxygen atoms in total. The second kappa shape index (κ2) is 5.60. The van der Waals surface area contributed by atoms with Gasteiger partial charge in [-0.3, -0.25) is 0 Å². The lowest BCUT2D eigenvalue weighted by Gasteiger charge is -2.19. The van der Waals surface area contributed by atoms with Gasteiger partial charge in [-0.1, -0.05) is 11.6 Å². The normalized spacial score (nSPS) is 40.8. The van der Waals surface area contributed by atoms with Crippen LogP contribution in [0.5, 0.6) is 0 Å². The van der Waals surface area contributed by atoms with Crippen LogP contribution in [0.1, 0.15) is 45.1 Å². The number of allylic oxidation sites excluding steroid dienone is 2. The van der Waals surface area contributed by atoms with E-state index in [0.717, 1.165) is 36.8 Å². The number of ether oxygens (including phenoxy) is 2. The van der Waals surface area contributed by atoms with Crippen molar-refractivity contribution in [3.63, 3.8) is 0 Å². The van der Waals surface area contributed by atoms with Crippen molar-refractivity contribution in [2.45, 2.75) is 57.3 Å². The fraction of sp³-hybridized carbons (Fsp3) is 0.526. The summed E-state index contributed by atoms with van der Waals surface area (Å²) < 4.78 is 11.8. The Morgan fingerprint density at radius 1 is 1.43 bits per heavy atom. The number of hydrogen-bond acceptors (Lipinski definition) is 4. The topological polar surface area (TPSA) is 38.8 Å². The molecule has 4 heteroatoms. The maximum Gasteiger partial charge on any atom is 0.334 e. The molecule has 0 saturated carbocycles. The lowest BCUT2D eigenvalue weighted by Crippen LogP contribution is -2.28. The first-order valence-corrected chi connectivity index (χ1v) is 9.29. The van der Waals surface area contributed by atoms with Crippen molar-refractivity contribution in [2.75, 3.05) is 0 Å². The zero-order valence-electron chi connectivity index (χ0n) is 13.6. The van der Waals surface area contributed by atoms with Gasteiger partial charge in [0.05, 0.1) is 5.60 Å². The third-order valence-corrected chi connectivity index (χ3v) is 6.06. The number of thiophene rings is 1. The predicted molar refractivity (Wildman–Crippen MR) is 91.2 cm³/mol. The second-order valence-electron chi connectivity index (χ2n) is 7.11. The zero-order valence-corrected chi connectivity index (χ0v) is 14.4. The number of epoxide rings is 1. The van der Waals surface area contributed by atoms with Crippen molar-refractivity contribution in [3.05, 3.63) is 39.6 Å². The van der Waals surface area contributed by atoms with Gasteiger partial charge in [0, 0.05) is 11.5 Å². The molecule has 2 saturated heterocycles. The average molecular weight is 330 g/mol. The molecular weight excluding hydrogens is 308 g/mol. The van der Waals surface area contributed by atoms with Gasteiger partial charge in [-0.2, -0.15) is 11.3 Å². The standard InChI is InChI=1S/C19H22O3S/c1-12-4-3-8-19(2)17(22-19)16-14(6-5-12)15(18(20)21-16)10-13-7-9-23-11-13/h4,7,9-11,14,16-17H,3,5-6,8H2,1-2H3/b12-4-,15-10-/t14-,16-,17-,19+/m0/s1. The first kappa shape index (κ1) is 15.2. The van der Waals surface area contributed by atoms with Gasteiger partial charge >= 0.3 is 5.97 Å². The quantitative estimate of drug-likeness (QED) is 0.332. The molecule has 0 amide bonds. The van der Waals surface area contributed by atoms with Crippen molar-refractivity contribution >= 4 is 23.4 Å². The fourth-order valence-corrected chi connectivity index (χ4v) is 4.48. The number of carbonyl (C=O) groups is 1. The molecule has 0 N–H and O–H groups in total. The maximum absolute atomic E-state index is 12.5. The Morgan fingerprint density at radius 2 is 2.30 bits per heavy atom. The number of esters is 1. The monoisotopic (exact) mass is 330 g/mol. The van der Waals surface area contributed by atoms with Crippen LogP contribution in [-0.2, 0) is 14.3 Å². The highest BCUT2D eigenvalue weighted by Gasteiger charge is 2.61. The second-order valence-corrected chi connectivity index (χ2v) is 7.89. The van der Waals surface area contributed by atoms with E-state index in [1.54, 1.807) is 11.3 Å². The van der Waals surface area contributed by atoms with Gasteiger partial charge in [0.2, 0.25) is 0 Å². The van der Waals surface area contributed by atoms with Crippen LogP contribution in [0.3, 0.4) is 0 Å². The first-order valence-electron chi connectivity index (χ1n) is 8.35. The van der Waals surface area contributed by atoms with Gasteiger partial charge in [-0.15, -0.1) is 0 Å². The third kappa shape index (κ3) is 2.79. The van der Waals surface area contributed by atoms with Crippen molar-refractivity contribution in [2.24, 2.45) is 5.92 Å². The molecule has 1 aromatic heterocycles. The van der Waals surface area contributed by atoms with Gasteiger partial charge < -0.3 is 9.47 Å². The van der Waals surface area contributed by atoms with Crippen molar-refractivity contribution in [1.82, 2.24) is 0 Å². The summed E-state index contributed by atoms with van der Waals surface area (Å²) in [5, 5.41) is 4.10. The van der Waals surface area contributed by atoms with Crippen LogP contribution in [0, 0.1) is 5.92 Å². The summed E-state index contributed by atoms with van der Waals surface area (Å²) in [5.74, 6) is -0.0272. The molecular formula is C19H22O3S. The zero-order chi connectivity index (χ0) is 16.0. The summed E-state index contributed by atoms with van der Waals surface area (Å²) in [4.78, 5) is 12.5. The van der Waals surface area contributed by atoms with Crippen LogP contribution < -0.4 is 0 Å². The molecule has 122 valence electrons. The van der Waals surface area contributed by atoms with E-state index in [2.05, 4.69) is 25.3 Å². The van der Waals surface area contributed by atoms with Crippen molar-refractivity contribution < 1.29 is 14.3 Å². The molecule has 23 heavy (non-hydrogen) atoms. The Labute approximate surface area is 141 Å². The summed E-state index contributed by atoms with van der Waals surface area (Å²) in [6.07, 6.45) is 8.27. The highest BCUT2D eigenvalue weighted by molar-refractivity contribution is 7.08. The van der Waals surface area contributed by atoms with Crippen molar-refractivity contribution in [3.8, 4) is 0 Å². The van der Waals surface area contributed by atoms with E-state index < -0.39 is 0 Å². The number of fused-ring (bicyclic) bond motifs is 3. The van der Waals surface area contributed by atoms with Gasteiger partial charge in [-0.25, -0.2) is 4.79 Å². The lowest BCUT2D eigenvalue weighted by atomic mass is 9.83. The molecule has 0 bridgehead atoms. The first-order chi connectivity index (χ1) is 11.1. The van der Waals surface area contributed by atoms with E-state index in [1.165, 1.54) is 5.57 Å². The molecule has 4 atom stereocenters. The largest absolute Gasteiger partial charge is 0.455 e. The smallest absolute Gasteiger partial charge is 0.334 e. The molecule has 3 aliphatic rings. The van der Waals surface area contributed by atoms with Gasteiger partial charge in [0.15, 0.2) is 0 Å². The predicted octanol–water partition coefficient (Wildman–Crippen LogP) is 4.35. The molecule has 1 aromatic rings. The van der Waals surface area contributed by atoms with Gasteiger partial charge in [0.1, 0.15) is 12.2 Å². The van der Waals surface area contributed by atoms with Gasteiger partial charge in [0.25, 0.3) is 0 Å². The molecule has 2 fully saturated rings. The van der Waals surface area contributed by atoms with E-state index in [9.17, 15) is 4.79 Å². The van der Waals surface area contributed by atoms with Crippen molar-refractivity contribution in [1.29, 1.82) is 0 Å². The molecule has 4 rings (SSSR count). The summed E-state index contributed by atoms with van der Waals surface area (Å²) in [6.45, 7) is 4.33. The third-order valence-electron chi connectivity index (χ3n) is 5.36. The highest BCUT2D eigenvalue weighted by atomic mass is 32.1. The fourth-order valence-electron chi connectivity index (χ4n) is 3.86. The Bertz CT molecular complexity index is 673. The Kier molecular flexibility index (Phi) is 3.69. The minimum absolute atomic E-state index is 0.0524. The average Bonchev–Trinajstić information content (AvgIpc) is 2.87. The van der Waals surface area contributed by atoms with E-state index in [4.69, 9.17) is 9.47 Å². The minimum atomic E-state index is -0.162. The summed E-state index contributed by atoms with van der Waals surface area (Å²) >= 11 is 1.65. The van der Waals surface area contributed by atoms with Crippen LogP contribution in [0.15, 0.2) is 34.0 Å². The van der Waals surface area contributed by atoms with E-state index in [1.807, 2.05) is 17.5 Å². The summed E-state index contributed by atoms with van der Waals surface area (Å²) in [5.41, 5.74) is 3.18. The molecule has 0 radical (unpaired) electrons. The van der Waals surface area contributed by atoms with Crippen LogP contribution >= 0.6 is 11.3 Å². The minimum Gasteiger partial charge on any atom is -0.455 e. The Hall–Kier alpha value is -1.39. The van der Waals surface area contributed by atoms with E-state index in [0.29, 0.717) is 0 Å². The molecule has 1 aliphatic carbocycles. The molecule has 2 aliphatic heterocycles. The van der Waals surface area contributed by atoms with Gasteiger partial charge in [-0.05, 0) is 68.0 Å². The number of hydrogen-bond donors (Lipinski definition) is 0. The molecule has 3 heterocycles. The number of rotatable bonds is 1. The summed E-state index contributed by atoms with van der Waals surface area (Å²) in [6, 6.07) is 2.04. The lowest BCUT2D eigenvalue weighted by molar-refractivity contribution is -0.139. The number of carbonyl (C=O) groups excluding carboxylic acids is 1. The Morgan fingerprint density at radius 3 is 3.09 bits per heavy atom. The maximum atomic E-state index is 12.5. The van der Waals surface area contributed by atoms with Crippen LogP contribution in [0.2, 0.25) is 0 Å². The SMILES string of the molecule is C/C1=C/CC[C@@]2(C)O[C@H]2[C@H]2OC(=O)/C(=C\c3ccsc3)[C@@H]2CC1. The van der Waals surface area contributed by atoms with Crippen LogP contribution in [-0.4, -0.2) is 23.8 Å². The van der Waals surface area contributed by atoms with Crippen LogP contribution in [0.25, 0.3) is 6.08 Å². The molecule has 0 unspecified atom stereocenters. The highest BCUT2D eigenvalue weighted by Crippen LogP contribution is 2.50. The van der Waals surface area contributed by atoms with Crippen LogP contribution in [0.4, 0.5) is 0 Å².